The highest BCUT2D eigenvalue weighted by molar-refractivity contribution is 6.76. The molecule has 1 saturated carbocycles. The van der Waals surface area contributed by atoms with E-state index in [9.17, 15) is 9.59 Å². The van der Waals surface area contributed by atoms with E-state index in [2.05, 4.69) is 0 Å². The van der Waals surface area contributed by atoms with E-state index in [0.717, 1.165) is 12.8 Å². The summed E-state index contributed by atoms with van der Waals surface area (Å²) in [5.41, 5.74) is 0. The van der Waals surface area contributed by atoms with Crippen LogP contribution >= 0.6 is 34.8 Å². The van der Waals surface area contributed by atoms with E-state index in [-0.39, 0.29) is 11.8 Å². The Morgan fingerprint density at radius 3 is 2.62 bits per heavy atom. The number of amides is 1. The standard InChI is InChI=1S/C10H12Cl3NO2/c11-10(12,13)9(16)14-4-3-6-1-2-7(15)5-8(6)14/h6,8H,1-5H2/t6-,8-/m0/s1. The molecule has 1 amide bonds. The molecule has 0 aromatic heterocycles. The van der Waals surface area contributed by atoms with E-state index in [1.165, 1.54) is 0 Å². The molecule has 3 nitrogen and oxygen atoms in total. The van der Waals surface area contributed by atoms with Gasteiger partial charge in [-0.05, 0) is 18.8 Å². The van der Waals surface area contributed by atoms with Crippen LogP contribution in [0.4, 0.5) is 0 Å². The van der Waals surface area contributed by atoms with Gasteiger partial charge in [-0.25, -0.2) is 0 Å². The highest BCUT2D eigenvalue weighted by atomic mass is 35.6. The number of nitrogens with zero attached hydrogens (tertiary/aromatic N) is 1. The SMILES string of the molecule is O=C1CC[C@H]2CCN(C(=O)C(Cl)(Cl)Cl)[C@H]2C1. The summed E-state index contributed by atoms with van der Waals surface area (Å²) in [5, 5.41) is 0. The average Bonchev–Trinajstić information content (AvgIpc) is 2.57. The topological polar surface area (TPSA) is 37.4 Å². The third-order valence-electron chi connectivity index (χ3n) is 3.42. The van der Waals surface area contributed by atoms with Gasteiger partial charge in [-0.15, -0.1) is 0 Å². The Morgan fingerprint density at radius 2 is 2.00 bits per heavy atom. The summed E-state index contributed by atoms with van der Waals surface area (Å²) >= 11 is 16.8. The normalized spacial score (nSPS) is 30.4. The maximum absolute atomic E-state index is 11.8. The molecule has 2 atom stereocenters. The number of hydrogen-bond donors (Lipinski definition) is 0. The molecule has 2 aliphatic rings. The number of rotatable bonds is 0. The first-order valence-corrected chi connectivity index (χ1v) is 6.42. The van der Waals surface area contributed by atoms with Crippen LogP contribution < -0.4 is 0 Å². The molecule has 1 heterocycles. The molecule has 0 N–H and O–H groups in total. The van der Waals surface area contributed by atoms with E-state index in [0.29, 0.717) is 25.3 Å². The molecule has 1 aliphatic heterocycles. The van der Waals surface area contributed by atoms with Crippen LogP contribution in [0.25, 0.3) is 0 Å². The fourth-order valence-electron chi connectivity index (χ4n) is 2.63. The number of Topliss-reactive ketones (excluding diaryl/α,β-unsaturated/α-hetero) is 1. The maximum Gasteiger partial charge on any atom is 0.274 e. The lowest BCUT2D eigenvalue weighted by molar-refractivity contribution is -0.133. The number of carbonyl (C=O) groups is 2. The molecular weight excluding hydrogens is 272 g/mol. The molecule has 0 aromatic carbocycles. The van der Waals surface area contributed by atoms with Crippen LogP contribution in [-0.4, -0.2) is 33.0 Å². The molecule has 0 aromatic rings. The van der Waals surface area contributed by atoms with Crippen molar-refractivity contribution in [3.05, 3.63) is 0 Å². The number of hydrogen-bond acceptors (Lipinski definition) is 2. The first-order valence-electron chi connectivity index (χ1n) is 5.29. The van der Waals surface area contributed by atoms with Crippen molar-refractivity contribution in [3.63, 3.8) is 0 Å². The summed E-state index contributed by atoms with van der Waals surface area (Å²) in [7, 11) is 0. The lowest BCUT2D eigenvalue weighted by Gasteiger charge is -2.32. The Hall–Kier alpha value is 0.01000. The second kappa shape index (κ2) is 4.35. The zero-order chi connectivity index (χ0) is 11.9. The molecule has 0 radical (unpaired) electrons. The second-order valence-electron chi connectivity index (χ2n) is 4.39. The van der Waals surface area contributed by atoms with E-state index < -0.39 is 9.70 Å². The molecule has 1 saturated heterocycles. The minimum Gasteiger partial charge on any atom is -0.335 e. The molecule has 0 spiro atoms. The number of fused-ring (bicyclic) bond motifs is 1. The van der Waals surface area contributed by atoms with Crippen molar-refractivity contribution in [1.29, 1.82) is 0 Å². The monoisotopic (exact) mass is 283 g/mol. The van der Waals surface area contributed by atoms with Gasteiger partial charge in [0.2, 0.25) is 0 Å². The van der Waals surface area contributed by atoms with Crippen LogP contribution in [0.15, 0.2) is 0 Å². The van der Waals surface area contributed by atoms with Crippen molar-refractivity contribution in [2.24, 2.45) is 5.92 Å². The Kier molecular flexibility index (Phi) is 3.39. The third-order valence-corrected chi connectivity index (χ3v) is 3.90. The second-order valence-corrected chi connectivity index (χ2v) is 6.68. The Labute approximate surface area is 109 Å². The molecule has 16 heavy (non-hydrogen) atoms. The summed E-state index contributed by atoms with van der Waals surface area (Å²) in [4.78, 5) is 24.8. The highest BCUT2D eigenvalue weighted by Gasteiger charge is 2.45. The van der Waals surface area contributed by atoms with Gasteiger partial charge in [-0.3, -0.25) is 9.59 Å². The van der Waals surface area contributed by atoms with Crippen LogP contribution in [0.2, 0.25) is 0 Å². The molecule has 0 unspecified atom stereocenters. The zero-order valence-corrected chi connectivity index (χ0v) is 10.9. The van der Waals surface area contributed by atoms with Gasteiger partial charge in [0, 0.05) is 25.4 Å². The van der Waals surface area contributed by atoms with Crippen LogP contribution in [0.5, 0.6) is 0 Å². The van der Waals surface area contributed by atoms with E-state index >= 15 is 0 Å². The highest BCUT2D eigenvalue weighted by Crippen LogP contribution is 2.38. The van der Waals surface area contributed by atoms with E-state index in [1.807, 2.05) is 0 Å². The van der Waals surface area contributed by atoms with Gasteiger partial charge in [-0.2, -0.15) is 0 Å². The van der Waals surface area contributed by atoms with Gasteiger partial charge >= 0.3 is 0 Å². The van der Waals surface area contributed by atoms with Gasteiger partial charge in [0.25, 0.3) is 9.70 Å². The zero-order valence-electron chi connectivity index (χ0n) is 8.59. The molecule has 90 valence electrons. The molecule has 2 rings (SSSR count). The average molecular weight is 285 g/mol. The number of halogens is 3. The summed E-state index contributed by atoms with van der Waals surface area (Å²) < 4.78 is -1.91. The number of ketones is 1. The summed E-state index contributed by atoms with van der Waals surface area (Å²) in [5.74, 6) is 0.0963. The minimum absolute atomic E-state index is 0.0515. The van der Waals surface area contributed by atoms with E-state index in [1.54, 1.807) is 4.90 Å². The van der Waals surface area contributed by atoms with Gasteiger partial charge in [0.05, 0.1) is 0 Å². The number of likely N-dealkylation sites (tertiary alicyclic amines) is 1. The van der Waals surface area contributed by atoms with Crippen molar-refractivity contribution < 1.29 is 9.59 Å². The molecule has 0 bridgehead atoms. The van der Waals surface area contributed by atoms with Gasteiger partial charge < -0.3 is 4.90 Å². The van der Waals surface area contributed by atoms with Crippen LogP contribution in [-0.2, 0) is 9.59 Å². The maximum atomic E-state index is 11.8. The first-order chi connectivity index (χ1) is 7.39. The quantitative estimate of drug-likeness (QED) is 0.640. The van der Waals surface area contributed by atoms with E-state index in [4.69, 9.17) is 34.8 Å². The molecular formula is C10H12Cl3NO2. The fourth-order valence-corrected chi connectivity index (χ4v) is 2.95. The van der Waals surface area contributed by atoms with Crippen LogP contribution in [0.1, 0.15) is 25.7 Å². The minimum atomic E-state index is -1.91. The Morgan fingerprint density at radius 1 is 1.31 bits per heavy atom. The summed E-state index contributed by atoms with van der Waals surface area (Å²) in [6.07, 6.45) is 2.80. The Bertz CT molecular complexity index is 327. The van der Waals surface area contributed by atoms with Crippen molar-refractivity contribution in [3.8, 4) is 0 Å². The largest absolute Gasteiger partial charge is 0.335 e. The molecule has 2 fully saturated rings. The van der Waals surface area contributed by atoms with Gasteiger partial charge in [0.1, 0.15) is 5.78 Å². The summed E-state index contributed by atoms with van der Waals surface area (Å²) in [6.45, 7) is 0.593. The molecule has 6 heteroatoms. The van der Waals surface area contributed by atoms with Gasteiger partial charge in [-0.1, -0.05) is 34.8 Å². The number of alkyl halides is 3. The third kappa shape index (κ3) is 2.31. The van der Waals surface area contributed by atoms with Crippen molar-refractivity contribution in [2.75, 3.05) is 6.54 Å². The van der Waals surface area contributed by atoms with Gasteiger partial charge in [0.15, 0.2) is 0 Å². The Balaban J connectivity index is 2.12. The van der Waals surface area contributed by atoms with Crippen molar-refractivity contribution >= 4 is 46.5 Å². The predicted octanol–water partition coefficient (Wildman–Crippen LogP) is 2.33. The number of carbonyl (C=O) groups excluding carboxylic acids is 2. The van der Waals surface area contributed by atoms with Crippen molar-refractivity contribution in [1.82, 2.24) is 4.90 Å². The molecule has 1 aliphatic carbocycles. The van der Waals surface area contributed by atoms with Crippen molar-refractivity contribution in [2.45, 2.75) is 35.5 Å². The lowest BCUT2D eigenvalue weighted by Crippen LogP contribution is -2.46. The first kappa shape index (κ1) is 12.5. The fraction of sp³-hybridized carbons (Fsp3) is 0.800. The predicted molar refractivity (Wildman–Crippen MR) is 62.8 cm³/mol. The van der Waals surface area contributed by atoms with Crippen LogP contribution in [0.3, 0.4) is 0 Å². The smallest absolute Gasteiger partial charge is 0.274 e. The lowest BCUT2D eigenvalue weighted by atomic mass is 9.84. The summed E-state index contributed by atoms with van der Waals surface area (Å²) in [6, 6.07) is -0.0515. The van der Waals surface area contributed by atoms with Crippen LogP contribution in [0, 0.1) is 5.92 Å².